The third-order valence-electron chi connectivity index (χ3n) is 3.09. The molecule has 0 aliphatic carbocycles. The van der Waals surface area contributed by atoms with Gasteiger partial charge in [0.1, 0.15) is 5.82 Å². The first-order chi connectivity index (χ1) is 8.08. The number of piperidine rings is 1. The summed E-state index contributed by atoms with van der Waals surface area (Å²) in [6.07, 6.45) is 0.995. The second-order valence-corrected chi connectivity index (χ2v) is 4.67. The van der Waals surface area contributed by atoms with Gasteiger partial charge in [0.25, 0.3) is 0 Å². The summed E-state index contributed by atoms with van der Waals surface area (Å²) in [5.41, 5.74) is 0.486. The van der Waals surface area contributed by atoms with Crippen molar-refractivity contribution in [1.29, 1.82) is 0 Å². The minimum atomic E-state index is -0.814. The Balaban J connectivity index is 2.19. The summed E-state index contributed by atoms with van der Waals surface area (Å²) in [5, 5.41) is 12.5. The number of aliphatic carboxylic acids is 1. The van der Waals surface area contributed by atoms with Crippen molar-refractivity contribution in [2.24, 2.45) is 5.92 Å². The number of carboxylic acids is 1. The van der Waals surface area contributed by atoms with E-state index in [1.807, 2.05) is 0 Å². The quantitative estimate of drug-likeness (QED) is 0.856. The fourth-order valence-corrected chi connectivity index (χ4v) is 2.32. The van der Waals surface area contributed by atoms with E-state index in [0.717, 1.165) is 0 Å². The van der Waals surface area contributed by atoms with Gasteiger partial charge in [-0.25, -0.2) is 4.39 Å². The number of hydrogen-bond donors (Lipinski definition) is 2. The molecule has 0 bridgehead atoms. The molecule has 5 heteroatoms. The SMILES string of the molecule is O=C(O)C1CCNC(c2ccc(Cl)cc2F)C1. The molecule has 0 aromatic heterocycles. The fourth-order valence-electron chi connectivity index (χ4n) is 2.16. The number of carboxylic acid groups (broad SMARTS) is 1. The second-order valence-electron chi connectivity index (χ2n) is 4.23. The lowest BCUT2D eigenvalue weighted by molar-refractivity contribution is -0.143. The molecule has 1 fully saturated rings. The molecule has 17 heavy (non-hydrogen) atoms. The average Bonchev–Trinajstić information content (AvgIpc) is 2.29. The molecule has 1 heterocycles. The lowest BCUT2D eigenvalue weighted by Crippen LogP contribution is -2.35. The van der Waals surface area contributed by atoms with Crippen LogP contribution in [0.4, 0.5) is 4.39 Å². The van der Waals surface area contributed by atoms with Crippen LogP contribution in [0.5, 0.6) is 0 Å². The number of nitrogens with one attached hydrogen (secondary N) is 1. The van der Waals surface area contributed by atoms with Crippen LogP contribution in [0, 0.1) is 11.7 Å². The predicted octanol–water partition coefficient (Wildman–Crippen LogP) is 2.60. The van der Waals surface area contributed by atoms with Gasteiger partial charge in [0.05, 0.1) is 5.92 Å². The Labute approximate surface area is 104 Å². The first-order valence-corrected chi connectivity index (χ1v) is 5.87. The number of rotatable bonds is 2. The largest absolute Gasteiger partial charge is 0.481 e. The van der Waals surface area contributed by atoms with E-state index in [0.29, 0.717) is 30.0 Å². The molecule has 1 aliphatic heterocycles. The lowest BCUT2D eigenvalue weighted by Gasteiger charge is -2.28. The molecule has 1 saturated heterocycles. The van der Waals surface area contributed by atoms with Gasteiger partial charge >= 0.3 is 5.97 Å². The van der Waals surface area contributed by atoms with E-state index < -0.39 is 11.9 Å². The zero-order chi connectivity index (χ0) is 12.4. The van der Waals surface area contributed by atoms with Gasteiger partial charge in [0.2, 0.25) is 0 Å². The summed E-state index contributed by atoms with van der Waals surface area (Å²) in [4.78, 5) is 10.9. The van der Waals surface area contributed by atoms with Crippen molar-refractivity contribution in [3.63, 3.8) is 0 Å². The van der Waals surface area contributed by atoms with Crippen molar-refractivity contribution in [2.45, 2.75) is 18.9 Å². The van der Waals surface area contributed by atoms with E-state index in [1.165, 1.54) is 6.07 Å². The van der Waals surface area contributed by atoms with Gasteiger partial charge in [0.15, 0.2) is 0 Å². The van der Waals surface area contributed by atoms with E-state index in [4.69, 9.17) is 16.7 Å². The van der Waals surface area contributed by atoms with Gasteiger partial charge in [-0.3, -0.25) is 4.79 Å². The molecule has 0 radical (unpaired) electrons. The fraction of sp³-hybridized carbons (Fsp3) is 0.417. The second kappa shape index (κ2) is 5.02. The Hall–Kier alpha value is -1.13. The molecule has 2 rings (SSSR count). The molecule has 1 aliphatic rings. The van der Waals surface area contributed by atoms with Gasteiger partial charge < -0.3 is 10.4 Å². The Kier molecular flexibility index (Phi) is 3.64. The molecule has 1 aromatic carbocycles. The van der Waals surface area contributed by atoms with Gasteiger partial charge in [-0.1, -0.05) is 17.7 Å². The predicted molar refractivity (Wildman–Crippen MR) is 62.5 cm³/mol. The monoisotopic (exact) mass is 257 g/mol. The average molecular weight is 258 g/mol. The lowest BCUT2D eigenvalue weighted by atomic mass is 9.89. The molecule has 0 amide bonds. The van der Waals surface area contributed by atoms with Crippen LogP contribution >= 0.6 is 11.6 Å². The minimum Gasteiger partial charge on any atom is -0.481 e. The van der Waals surface area contributed by atoms with Crippen molar-refractivity contribution in [3.05, 3.63) is 34.6 Å². The van der Waals surface area contributed by atoms with Crippen LogP contribution in [-0.4, -0.2) is 17.6 Å². The van der Waals surface area contributed by atoms with E-state index in [1.54, 1.807) is 12.1 Å². The van der Waals surface area contributed by atoms with E-state index in [2.05, 4.69) is 5.32 Å². The maximum Gasteiger partial charge on any atom is 0.306 e. The van der Waals surface area contributed by atoms with Gasteiger partial charge in [-0.2, -0.15) is 0 Å². The van der Waals surface area contributed by atoms with Gasteiger partial charge in [-0.05, 0) is 31.5 Å². The summed E-state index contributed by atoms with van der Waals surface area (Å²) in [5.74, 6) is -1.61. The van der Waals surface area contributed by atoms with Crippen LogP contribution in [0.1, 0.15) is 24.4 Å². The number of benzene rings is 1. The summed E-state index contributed by atoms with van der Waals surface area (Å²) < 4.78 is 13.7. The molecule has 2 unspecified atom stereocenters. The highest BCUT2D eigenvalue weighted by Gasteiger charge is 2.28. The third-order valence-corrected chi connectivity index (χ3v) is 3.33. The highest BCUT2D eigenvalue weighted by atomic mass is 35.5. The Morgan fingerprint density at radius 3 is 2.94 bits per heavy atom. The van der Waals surface area contributed by atoms with Gasteiger partial charge in [0, 0.05) is 16.6 Å². The van der Waals surface area contributed by atoms with Crippen LogP contribution in [0.2, 0.25) is 5.02 Å². The van der Waals surface area contributed by atoms with E-state index in [-0.39, 0.29) is 11.9 Å². The Morgan fingerprint density at radius 2 is 2.29 bits per heavy atom. The third kappa shape index (κ3) is 2.76. The number of halogens is 2. The molecule has 2 atom stereocenters. The van der Waals surface area contributed by atoms with E-state index >= 15 is 0 Å². The van der Waals surface area contributed by atoms with Crippen LogP contribution in [0.25, 0.3) is 0 Å². The maximum absolute atomic E-state index is 13.7. The normalized spacial score (nSPS) is 24.6. The Bertz CT molecular complexity index is 439. The number of carbonyl (C=O) groups is 1. The molecule has 2 N–H and O–H groups in total. The van der Waals surface area contributed by atoms with Crippen molar-refractivity contribution in [2.75, 3.05) is 6.54 Å². The van der Waals surface area contributed by atoms with Crippen molar-refractivity contribution in [3.8, 4) is 0 Å². The van der Waals surface area contributed by atoms with Gasteiger partial charge in [-0.15, -0.1) is 0 Å². The minimum absolute atomic E-state index is 0.248. The van der Waals surface area contributed by atoms with E-state index in [9.17, 15) is 9.18 Å². The summed E-state index contributed by atoms with van der Waals surface area (Å²) in [6, 6.07) is 4.23. The molecule has 0 spiro atoms. The maximum atomic E-state index is 13.7. The zero-order valence-electron chi connectivity index (χ0n) is 9.12. The number of hydrogen-bond acceptors (Lipinski definition) is 2. The van der Waals surface area contributed by atoms with Crippen molar-refractivity contribution in [1.82, 2.24) is 5.32 Å². The summed E-state index contributed by atoms with van der Waals surface area (Å²) in [7, 11) is 0. The summed E-state index contributed by atoms with van der Waals surface area (Å²) in [6.45, 7) is 0.587. The topological polar surface area (TPSA) is 49.3 Å². The molecular weight excluding hydrogens is 245 g/mol. The van der Waals surface area contributed by atoms with Crippen molar-refractivity contribution < 1.29 is 14.3 Å². The highest BCUT2D eigenvalue weighted by Crippen LogP contribution is 2.30. The van der Waals surface area contributed by atoms with Crippen molar-refractivity contribution >= 4 is 17.6 Å². The van der Waals surface area contributed by atoms with Crippen LogP contribution in [0.3, 0.4) is 0 Å². The van der Waals surface area contributed by atoms with Crippen LogP contribution in [0.15, 0.2) is 18.2 Å². The Morgan fingerprint density at radius 1 is 1.53 bits per heavy atom. The first kappa shape index (κ1) is 12.3. The molecule has 92 valence electrons. The molecule has 1 aromatic rings. The standard InChI is InChI=1S/C12H13ClFNO2/c13-8-1-2-9(10(14)6-8)11-5-7(12(16)17)3-4-15-11/h1-2,6-7,11,15H,3-5H2,(H,16,17). The molecule has 0 saturated carbocycles. The first-order valence-electron chi connectivity index (χ1n) is 5.49. The summed E-state index contributed by atoms with van der Waals surface area (Å²) >= 11 is 5.68. The highest BCUT2D eigenvalue weighted by molar-refractivity contribution is 6.30. The van der Waals surface area contributed by atoms with Crippen LogP contribution < -0.4 is 5.32 Å². The smallest absolute Gasteiger partial charge is 0.306 e. The van der Waals surface area contributed by atoms with Crippen LogP contribution in [-0.2, 0) is 4.79 Å². The zero-order valence-corrected chi connectivity index (χ0v) is 9.88. The molecular formula is C12H13ClFNO2. The molecule has 3 nitrogen and oxygen atoms in total.